The van der Waals surface area contributed by atoms with Crippen molar-refractivity contribution in [3.63, 3.8) is 0 Å². The first-order chi connectivity index (χ1) is 15.1. The number of para-hydroxylation sites is 3. The number of rotatable bonds is 9. The zero-order chi connectivity index (χ0) is 21.6. The van der Waals surface area contributed by atoms with Gasteiger partial charge in [0.25, 0.3) is 0 Å². The number of fused-ring (bicyclic) bond motifs is 1. The highest BCUT2D eigenvalue weighted by Crippen LogP contribution is 2.24. The van der Waals surface area contributed by atoms with E-state index < -0.39 is 12.0 Å². The fourth-order valence-electron chi connectivity index (χ4n) is 3.30. The van der Waals surface area contributed by atoms with Crippen molar-refractivity contribution in [1.29, 1.82) is 0 Å². The van der Waals surface area contributed by atoms with E-state index in [9.17, 15) is 9.90 Å². The van der Waals surface area contributed by atoms with Gasteiger partial charge in [0.15, 0.2) is 0 Å². The number of hydrogen-bond donors (Lipinski definition) is 2. The van der Waals surface area contributed by atoms with Crippen molar-refractivity contribution in [1.82, 2.24) is 9.55 Å². The van der Waals surface area contributed by atoms with Gasteiger partial charge in [-0.1, -0.05) is 30.3 Å². The highest BCUT2D eigenvalue weighted by atomic mass is 16.5. The van der Waals surface area contributed by atoms with E-state index in [2.05, 4.69) is 4.98 Å². The Kier molecular flexibility index (Phi) is 6.14. The number of amides is 1. The van der Waals surface area contributed by atoms with Gasteiger partial charge in [0.1, 0.15) is 35.8 Å². The van der Waals surface area contributed by atoms with Gasteiger partial charge in [0, 0.05) is 0 Å². The molecule has 0 spiro atoms. The standard InChI is InChI=1S/C24H23N3O4/c25-23(29)14-24-26-21-8-4-5-9-22(21)27(24)15-17(28)16-30-18-10-12-20(13-11-18)31-19-6-2-1-3-7-19/h1-13,17,28H,14-16H2,(H2,25,29)/t17-/m0/s1. The number of benzene rings is 3. The second kappa shape index (κ2) is 9.32. The lowest BCUT2D eigenvalue weighted by molar-refractivity contribution is -0.117. The molecule has 7 nitrogen and oxygen atoms in total. The molecule has 3 N–H and O–H groups in total. The molecule has 1 atom stereocenters. The molecule has 0 saturated heterocycles. The summed E-state index contributed by atoms with van der Waals surface area (Å²) in [5, 5.41) is 10.5. The highest BCUT2D eigenvalue weighted by molar-refractivity contribution is 5.80. The Morgan fingerprint density at radius 2 is 1.58 bits per heavy atom. The summed E-state index contributed by atoms with van der Waals surface area (Å²) in [6.45, 7) is 0.319. The molecule has 0 saturated carbocycles. The Hall–Kier alpha value is -3.84. The number of carbonyl (C=O) groups excluding carboxylic acids is 1. The summed E-state index contributed by atoms with van der Waals surface area (Å²) in [6.07, 6.45) is -0.796. The van der Waals surface area contributed by atoms with E-state index in [1.165, 1.54) is 0 Å². The maximum absolute atomic E-state index is 11.4. The molecule has 31 heavy (non-hydrogen) atoms. The van der Waals surface area contributed by atoms with Crippen LogP contribution < -0.4 is 15.2 Å². The number of nitrogens with two attached hydrogens (primary N) is 1. The van der Waals surface area contributed by atoms with Gasteiger partial charge in [-0.3, -0.25) is 4.79 Å². The topological polar surface area (TPSA) is 99.6 Å². The van der Waals surface area contributed by atoms with E-state index >= 15 is 0 Å². The number of aliphatic hydroxyl groups is 1. The van der Waals surface area contributed by atoms with E-state index in [-0.39, 0.29) is 19.6 Å². The summed E-state index contributed by atoms with van der Waals surface area (Å²) in [5.74, 6) is 2.12. The predicted molar refractivity (Wildman–Crippen MR) is 117 cm³/mol. The monoisotopic (exact) mass is 417 g/mol. The fourth-order valence-corrected chi connectivity index (χ4v) is 3.30. The minimum Gasteiger partial charge on any atom is -0.491 e. The van der Waals surface area contributed by atoms with Crippen molar-refractivity contribution in [2.45, 2.75) is 19.1 Å². The molecule has 1 amide bonds. The summed E-state index contributed by atoms with van der Waals surface area (Å²) >= 11 is 0. The van der Waals surface area contributed by atoms with Crippen molar-refractivity contribution in [2.75, 3.05) is 6.61 Å². The van der Waals surface area contributed by atoms with E-state index in [1.807, 2.05) is 71.3 Å². The molecule has 0 bridgehead atoms. The van der Waals surface area contributed by atoms with Crippen LogP contribution in [0.3, 0.4) is 0 Å². The van der Waals surface area contributed by atoms with Crippen LogP contribution in [0.2, 0.25) is 0 Å². The van der Waals surface area contributed by atoms with Gasteiger partial charge < -0.3 is 24.9 Å². The highest BCUT2D eigenvalue weighted by Gasteiger charge is 2.16. The molecule has 1 heterocycles. The quantitative estimate of drug-likeness (QED) is 0.435. The molecule has 0 aliphatic rings. The zero-order valence-electron chi connectivity index (χ0n) is 16.8. The molecule has 0 radical (unpaired) electrons. The van der Waals surface area contributed by atoms with Crippen molar-refractivity contribution in [3.8, 4) is 17.2 Å². The lowest BCUT2D eigenvalue weighted by atomic mass is 10.3. The molecule has 1 aromatic heterocycles. The fraction of sp³-hybridized carbons (Fsp3) is 0.167. The average molecular weight is 417 g/mol. The maximum atomic E-state index is 11.4. The van der Waals surface area contributed by atoms with Crippen LogP contribution in [0.1, 0.15) is 5.82 Å². The Bertz CT molecular complexity index is 1160. The van der Waals surface area contributed by atoms with Crippen LogP contribution in [0, 0.1) is 0 Å². The van der Waals surface area contributed by atoms with Crippen LogP contribution in [-0.2, 0) is 17.8 Å². The molecule has 0 fully saturated rings. The normalized spacial score (nSPS) is 11.9. The van der Waals surface area contributed by atoms with E-state index in [0.29, 0.717) is 17.3 Å². The Labute approximate surface area is 179 Å². The molecule has 158 valence electrons. The van der Waals surface area contributed by atoms with Gasteiger partial charge >= 0.3 is 0 Å². The van der Waals surface area contributed by atoms with Gasteiger partial charge in [-0.15, -0.1) is 0 Å². The molecule has 7 heteroatoms. The largest absolute Gasteiger partial charge is 0.491 e. The minimum atomic E-state index is -0.801. The van der Waals surface area contributed by atoms with Gasteiger partial charge in [-0.05, 0) is 48.5 Å². The molecule has 4 rings (SSSR count). The second-order valence-electron chi connectivity index (χ2n) is 7.12. The van der Waals surface area contributed by atoms with Crippen LogP contribution in [0.15, 0.2) is 78.9 Å². The SMILES string of the molecule is NC(=O)Cc1nc2ccccc2n1C[C@H](O)COc1ccc(Oc2ccccc2)cc1. The average Bonchev–Trinajstić information content (AvgIpc) is 3.10. The number of carbonyl (C=O) groups is 1. The van der Waals surface area contributed by atoms with E-state index in [1.54, 1.807) is 12.1 Å². The Morgan fingerprint density at radius 3 is 2.32 bits per heavy atom. The molecular weight excluding hydrogens is 394 g/mol. The van der Waals surface area contributed by atoms with Gasteiger partial charge in [-0.2, -0.15) is 0 Å². The summed E-state index contributed by atoms with van der Waals surface area (Å²) in [7, 11) is 0. The molecule has 0 aliphatic carbocycles. The van der Waals surface area contributed by atoms with Crippen LogP contribution in [0.25, 0.3) is 11.0 Å². The van der Waals surface area contributed by atoms with Crippen molar-refractivity contribution in [3.05, 3.63) is 84.7 Å². The Morgan fingerprint density at radius 1 is 0.935 bits per heavy atom. The first-order valence-electron chi connectivity index (χ1n) is 9.95. The summed E-state index contributed by atoms with van der Waals surface area (Å²) < 4.78 is 13.3. The first kappa shape index (κ1) is 20.4. The second-order valence-corrected chi connectivity index (χ2v) is 7.12. The number of hydrogen-bond acceptors (Lipinski definition) is 5. The van der Waals surface area contributed by atoms with Crippen LogP contribution >= 0.6 is 0 Å². The minimum absolute atomic E-state index is 0.00509. The number of nitrogens with zero attached hydrogens (tertiary/aromatic N) is 2. The van der Waals surface area contributed by atoms with Crippen molar-refractivity contribution in [2.24, 2.45) is 5.73 Å². The molecular formula is C24H23N3O4. The first-order valence-corrected chi connectivity index (χ1v) is 9.95. The number of ether oxygens (including phenoxy) is 2. The van der Waals surface area contributed by atoms with Gasteiger partial charge in [-0.25, -0.2) is 4.98 Å². The molecule has 3 aromatic carbocycles. The van der Waals surface area contributed by atoms with E-state index in [0.717, 1.165) is 16.8 Å². The van der Waals surface area contributed by atoms with Gasteiger partial charge in [0.2, 0.25) is 5.91 Å². The van der Waals surface area contributed by atoms with Crippen LogP contribution in [0.5, 0.6) is 17.2 Å². The number of aromatic nitrogens is 2. The third kappa shape index (κ3) is 5.21. The molecule has 4 aromatic rings. The third-order valence-electron chi connectivity index (χ3n) is 4.70. The predicted octanol–water partition coefficient (Wildman–Crippen LogP) is 3.30. The lowest BCUT2D eigenvalue weighted by Crippen LogP contribution is -2.26. The summed E-state index contributed by atoms with van der Waals surface area (Å²) in [6, 6.07) is 24.2. The summed E-state index contributed by atoms with van der Waals surface area (Å²) in [5.41, 5.74) is 6.94. The lowest BCUT2D eigenvalue weighted by Gasteiger charge is -2.15. The van der Waals surface area contributed by atoms with E-state index in [4.69, 9.17) is 15.2 Å². The third-order valence-corrected chi connectivity index (χ3v) is 4.70. The van der Waals surface area contributed by atoms with Crippen LogP contribution in [0.4, 0.5) is 0 Å². The summed E-state index contributed by atoms with van der Waals surface area (Å²) in [4.78, 5) is 15.9. The number of aliphatic hydroxyl groups excluding tert-OH is 1. The smallest absolute Gasteiger partial charge is 0.225 e. The van der Waals surface area contributed by atoms with Crippen molar-refractivity contribution < 1.29 is 19.4 Å². The van der Waals surface area contributed by atoms with Crippen LogP contribution in [-0.4, -0.2) is 33.3 Å². The zero-order valence-corrected chi connectivity index (χ0v) is 16.8. The Balaban J connectivity index is 1.38. The molecule has 0 unspecified atom stereocenters. The number of imidazole rings is 1. The van der Waals surface area contributed by atoms with Crippen molar-refractivity contribution >= 4 is 16.9 Å². The van der Waals surface area contributed by atoms with Gasteiger partial charge in [0.05, 0.1) is 24.0 Å². The maximum Gasteiger partial charge on any atom is 0.225 e. The molecule has 0 aliphatic heterocycles. The number of primary amides is 1.